The summed E-state index contributed by atoms with van der Waals surface area (Å²) in [5, 5.41) is 39.9. The minimum Gasteiger partial charge on any atom is -0.508 e. The van der Waals surface area contributed by atoms with E-state index in [-0.39, 0.29) is 72.5 Å². The number of carbonyl (C=O) groups is 5. The number of hydrogen-bond acceptors (Lipinski definition) is 13. The van der Waals surface area contributed by atoms with Crippen LogP contribution in [0, 0.1) is 5.41 Å². The lowest BCUT2D eigenvalue weighted by Crippen LogP contribution is -2.66. The number of thiol groups is 1. The molecule has 2 bridgehead atoms. The maximum atomic E-state index is 13.4. The van der Waals surface area contributed by atoms with Crippen LogP contribution in [0.15, 0.2) is 24.3 Å². The Balaban J connectivity index is 1.51. The average molecular weight is 805 g/mol. The summed E-state index contributed by atoms with van der Waals surface area (Å²) < 4.78 is 0. The Bertz CT molecular complexity index is 1330. The Kier molecular flexibility index (Phi) is 21.7. The number of phenols is 1. The highest BCUT2D eigenvalue weighted by molar-refractivity contribution is 7.80. The highest BCUT2D eigenvalue weighted by Gasteiger charge is 2.32. The van der Waals surface area contributed by atoms with E-state index >= 15 is 0 Å². The number of rotatable bonds is 19. The van der Waals surface area contributed by atoms with Crippen molar-refractivity contribution in [1.29, 1.82) is 0 Å². The molecular formula is C39H68N10O6S. The van der Waals surface area contributed by atoms with Crippen molar-refractivity contribution in [2.45, 2.75) is 88.8 Å². The first-order valence-electron chi connectivity index (χ1n) is 20.3. The second-order valence-electron chi connectivity index (χ2n) is 15.6. The first-order chi connectivity index (χ1) is 26.9. The van der Waals surface area contributed by atoms with Crippen molar-refractivity contribution in [3.8, 4) is 5.75 Å². The van der Waals surface area contributed by atoms with E-state index in [1.54, 1.807) is 24.3 Å². The number of fused-ring (bicyclic) bond motifs is 15. The maximum absolute atomic E-state index is 13.4. The van der Waals surface area contributed by atoms with Gasteiger partial charge in [-0.2, -0.15) is 12.6 Å². The molecule has 0 saturated carbocycles. The van der Waals surface area contributed by atoms with Crippen molar-refractivity contribution in [3.63, 3.8) is 0 Å². The minimum atomic E-state index is -0.806. The van der Waals surface area contributed by atoms with Crippen LogP contribution in [0.1, 0.15) is 70.3 Å². The molecule has 56 heavy (non-hydrogen) atoms. The summed E-state index contributed by atoms with van der Waals surface area (Å²) >= 11 is 4.03. The molecule has 1 aromatic rings. The van der Waals surface area contributed by atoms with Gasteiger partial charge in [0.1, 0.15) is 11.8 Å². The van der Waals surface area contributed by atoms with Gasteiger partial charge in [0.2, 0.25) is 23.6 Å². The first kappa shape index (κ1) is 47.1. The van der Waals surface area contributed by atoms with E-state index in [2.05, 4.69) is 67.4 Å². The van der Waals surface area contributed by atoms with Gasteiger partial charge in [-0.3, -0.25) is 24.0 Å². The molecule has 3 fully saturated rings. The average Bonchev–Trinajstić information content (AvgIpc) is 3.16. The standard InChI is InChI=1S/C39H68N10O6S/c1-38-23-41-15-18-44-26-39(27-45-19-16-42-24-38,28-46-20-17-43-25-38)49-36(54)10-6-9-35(53)47-31(21-29-11-13-30(50)14-12-29)33(51)7-4-2-3-5-8-34(52)48-32(22-56)37(40)55/h11-14,31-32,41-46,50,56H,2-10,15-28H2,1H3,(H2,40,55)(H,47,53)(H,48,52)(H,49,54)/t31-,32-,38?,39?/m0/s1. The van der Waals surface area contributed by atoms with Crippen LogP contribution in [0.5, 0.6) is 5.75 Å². The van der Waals surface area contributed by atoms with Crippen LogP contribution < -0.4 is 53.6 Å². The number of nitrogens with one attached hydrogen (secondary N) is 9. The van der Waals surface area contributed by atoms with Crippen LogP contribution >= 0.6 is 12.6 Å². The normalized spacial score (nSPS) is 22.5. The zero-order chi connectivity index (χ0) is 40.7. The highest BCUT2D eigenvalue weighted by atomic mass is 32.1. The molecule has 0 unspecified atom stereocenters. The lowest BCUT2D eigenvalue weighted by atomic mass is 9.90. The third kappa shape index (κ3) is 18.7. The molecule has 2 atom stereocenters. The molecule has 0 aliphatic carbocycles. The molecular weight excluding hydrogens is 737 g/mol. The van der Waals surface area contributed by atoms with Crippen LogP contribution in [-0.2, 0) is 30.4 Å². The van der Waals surface area contributed by atoms with Crippen LogP contribution in [0.3, 0.4) is 0 Å². The van der Waals surface area contributed by atoms with E-state index < -0.39 is 23.5 Å². The number of amides is 4. The molecule has 0 radical (unpaired) electrons. The summed E-state index contributed by atoms with van der Waals surface area (Å²) in [4.78, 5) is 63.5. The van der Waals surface area contributed by atoms with Crippen LogP contribution in [0.25, 0.3) is 0 Å². The van der Waals surface area contributed by atoms with Gasteiger partial charge in [-0.05, 0) is 43.4 Å². The summed E-state index contributed by atoms with van der Waals surface area (Å²) in [6.07, 6.45) is 3.94. The molecule has 4 rings (SSSR count). The first-order valence-corrected chi connectivity index (χ1v) is 20.9. The smallest absolute Gasteiger partial charge is 0.240 e. The number of Topliss-reactive ketones (excluding diaryl/α,β-unsaturated/α-hetero) is 1. The van der Waals surface area contributed by atoms with Crippen molar-refractivity contribution >= 4 is 42.0 Å². The van der Waals surface area contributed by atoms with E-state index in [4.69, 9.17) is 5.73 Å². The van der Waals surface area contributed by atoms with Crippen LogP contribution in [0.4, 0.5) is 0 Å². The molecule has 3 saturated heterocycles. The SMILES string of the molecule is CC12CNCCNCC(NC(=O)CCCC(=O)N[C@@H](Cc3ccc(O)cc3)C(=O)CCCCCCC(=O)N[C@@H](CS)C(N)=O)(CNCCNC1)CNCCNC2. The minimum absolute atomic E-state index is 0.0857. The Morgan fingerprint density at radius 1 is 0.661 bits per heavy atom. The van der Waals surface area contributed by atoms with Gasteiger partial charge in [0.05, 0.1) is 11.6 Å². The molecule has 12 N–H and O–H groups in total. The molecule has 0 aromatic heterocycles. The third-order valence-corrected chi connectivity index (χ3v) is 10.6. The fraction of sp³-hybridized carbons (Fsp3) is 0.718. The topological polar surface area (TPSA) is 240 Å². The van der Waals surface area contributed by atoms with Crippen molar-refractivity contribution in [2.24, 2.45) is 11.1 Å². The number of nitrogens with two attached hydrogens (primary N) is 1. The van der Waals surface area contributed by atoms with Gasteiger partial charge in [-0.1, -0.05) is 31.9 Å². The molecule has 17 heteroatoms. The van der Waals surface area contributed by atoms with Gasteiger partial charge in [0.15, 0.2) is 5.78 Å². The van der Waals surface area contributed by atoms with Gasteiger partial charge in [-0.15, -0.1) is 0 Å². The van der Waals surface area contributed by atoms with Gasteiger partial charge < -0.3 is 58.7 Å². The third-order valence-electron chi connectivity index (χ3n) is 10.2. The number of primary amides is 1. The second-order valence-corrected chi connectivity index (χ2v) is 16.0. The largest absolute Gasteiger partial charge is 0.508 e. The van der Waals surface area contributed by atoms with E-state index in [1.165, 1.54) is 0 Å². The number of hydrogen-bond donors (Lipinski definition) is 12. The quantitative estimate of drug-likeness (QED) is 0.0585. The molecule has 3 aliphatic heterocycles. The zero-order valence-electron chi connectivity index (χ0n) is 33.2. The zero-order valence-corrected chi connectivity index (χ0v) is 34.1. The number of phenolic OH excluding ortho intramolecular Hbond substituents is 1. The van der Waals surface area contributed by atoms with Crippen molar-refractivity contribution in [2.75, 3.05) is 84.3 Å². The van der Waals surface area contributed by atoms with Crippen molar-refractivity contribution in [3.05, 3.63) is 29.8 Å². The Morgan fingerprint density at radius 2 is 1.11 bits per heavy atom. The monoisotopic (exact) mass is 805 g/mol. The molecule has 316 valence electrons. The Labute approximate surface area is 338 Å². The number of unbranched alkanes of at least 4 members (excludes halogenated alkanes) is 3. The molecule has 4 amide bonds. The fourth-order valence-corrected chi connectivity index (χ4v) is 7.20. The Morgan fingerprint density at radius 3 is 1.61 bits per heavy atom. The summed E-state index contributed by atoms with van der Waals surface area (Å²) in [6.45, 7) is 11.4. The van der Waals surface area contributed by atoms with Gasteiger partial charge >= 0.3 is 0 Å². The fourth-order valence-electron chi connectivity index (χ4n) is 6.92. The Hall–Kier alpha value is -3.32. The number of benzene rings is 1. The van der Waals surface area contributed by atoms with Gasteiger partial charge in [0.25, 0.3) is 0 Å². The summed E-state index contributed by atoms with van der Waals surface area (Å²) in [7, 11) is 0. The number of aromatic hydroxyl groups is 1. The predicted molar refractivity (Wildman–Crippen MR) is 221 cm³/mol. The predicted octanol–water partition coefficient (Wildman–Crippen LogP) is -1.17. The molecule has 3 aliphatic rings. The van der Waals surface area contributed by atoms with Gasteiger partial charge in [-0.25, -0.2) is 0 Å². The van der Waals surface area contributed by atoms with E-state index in [0.29, 0.717) is 51.7 Å². The van der Waals surface area contributed by atoms with Gasteiger partial charge in [0, 0.05) is 115 Å². The van der Waals surface area contributed by atoms with Crippen molar-refractivity contribution < 1.29 is 29.1 Å². The summed E-state index contributed by atoms with van der Waals surface area (Å²) in [5.41, 5.74) is 5.55. The van der Waals surface area contributed by atoms with E-state index in [0.717, 1.165) is 64.5 Å². The summed E-state index contributed by atoms with van der Waals surface area (Å²) in [5.74, 6) is -1.22. The molecule has 0 spiro atoms. The second kappa shape index (κ2) is 25.8. The maximum Gasteiger partial charge on any atom is 0.240 e. The molecule has 16 nitrogen and oxygen atoms in total. The van der Waals surface area contributed by atoms with Crippen LogP contribution in [0.2, 0.25) is 0 Å². The van der Waals surface area contributed by atoms with Crippen molar-refractivity contribution in [1.82, 2.24) is 47.9 Å². The summed E-state index contributed by atoms with van der Waals surface area (Å²) in [6, 6.07) is 4.97. The highest BCUT2D eigenvalue weighted by Crippen LogP contribution is 2.15. The van der Waals surface area contributed by atoms with E-state index in [9.17, 15) is 29.1 Å². The number of ketones is 1. The molecule has 3 heterocycles. The number of carbonyl (C=O) groups excluding carboxylic acids is 5. The lowest BCUT2D eigenvalue weighted by molar-refractivity contribution is -0.128. The van der Waals surface area contributed by atoms with Crippen LogP contribution in [-0.4, -0.2) is 136 Å². The lowest BCUT2D eigenvalue weighted by Gasteiger charge is -2.37. The molecule has 1 aromatic carbocycles. The van der Waals surface area contributed by atoms with E-state index in [1.807, 2.05) is 0 Å².